The van der Waals surface area contributed by atoms with E-state index in [1.54, 1.807) is 12.1 Å². The van der Waals surface area contributed by atoms with Crippen molar-refractivity contribution in [1.82, 2.24) is 0 Å². The zero-order valence-electron chi connectivity index (χ0n) is 12.8. The molecule has 0 saturated carbocycles. The number of ether oxygens (including phenoxy) is 2. The van der Waals surface area contributed by atoms with Crippen LogP contribution in [0, 0.1) is 3.57 Å². The lowest BCUT2D eigenvalue weighted by molar-refractivity contribution is -0.129. The zero-order chi connectivity index (χ0) is 17.1. The Hall–Kier alpha value is -1.86. The van der Waals surface area contributed by atoms with Crippen LogP contribution in [0.15, 0.2) is 53.2 Å². The summed E-state index contributed by atoms with van der Waals surface area (Å²) >= 11 is 8.34. The number of esters is 1. The average Bonchev–Trinajstić information content (AvgIpc) is 2.92. The quantitative estimate of drug-likeness (QED) is 0.383. The molecule has 6 heteroatoms. The average molecular weight is 454 g/mol. The third-order valence-corrected chi connectivity index (χ3v) is 4.27. The molecule has 2 aromatic rings. The van der Waals surface area contributed by atoms with Crippen LogP contribution in [0.1, 0.15) is 18.1 Å². The van der Waals surface area contributed by atoms with E-state index >= 15 is 0 Å². The van der Waals surface area contributed by atoms with Gasteiger partial charge in [-0.1, -0.05) is 23.7 Å². The number of benzene rings is 2. The van der Waals surface area contributed by atoms with E-state index in [4.69, 9.17) is 21.1 Å². The molecule has 0 spiro atoms. The second-order valence-electron chi connectivity index (χ2n) is 4.96. The lowest BCUT2D eigenvalue weighted by Crippen LogP contribution is -2.06. The molecule has 2 aromatic carbocycles. The number of hydrogen-bond acceptors (Lipinski definition) is 4. The Balaban J connectivity index is 1.89. The van der Waals surface area contributed by atoms with Gasteiger partial charge in [0, 0.05) is 3.57 Å². The van der Waals surface area contributed by atoms with Crippen molar-refractivity contribution in [2.24, 2.45) is 4.99 Å². The maximum atomic E-state index is 12.1. The molecular formula is C18H13ClINO3. The van der Waals surface area contributed by atoms with E-state index in [9.17, 15) is 4.79 Å². The highest BCUT2D eigenvalue weighted by atomic mass is 127. The predicted molar refractivity (Wildman–Crippen MR) is 102 cm³/mol. The molecule has 0 bridgehead atoms. The Bertz CT molecular complexity index is 844. The van der Waals surface area contributed by atoms with Gasteiger partial charge in [0.2, 0.25) is 5.90 Å². The third kappa shape index (κ3) is 3.79. The van der Waals surface area contributed by atoms with Crippen LogP contribution in [0.2, 0.25) is 5.02 Å². The first-order chi connectivity index (χ1) is 11.6. The number of nitrogens with zero attached hydrogens (tertiary/aromatic N) is 1. The second-order valence-corrected chi connectivity index (χ2v) is 6.62. The Morgan fingerprint density at radius 2 is 2.00 bits per heavy atom. The summed E-state index contributed by atoms with van der Waals surface area (Å²) in [6.45, 7) is 2.54. The zero-order valence-corrected chi connectivity index (χ0v) is 15.7. The van der Waals surface area contributed by atoms with Crippen molar-refractivity contribution < 1.29 is 14.3 Å². The number of halogens is 2. The Kier molecular flexibility index (Phi) is 5.20. The van der Waals surface area contributed by atoms with Crippen LogP contribution in [0.5, 0.6) is 5.75 Å². The molecule has 0 atom stereocenters. The molecule has 0 N–H and O–H groups in total. The standard InChI is InChI=1S/C18H13ClINO3/c1-2-23-13-6-3-11(4-7-13)9-16-18(22)24-17(21-16)14-10-12(20)5-8-15(14)19/h3-10H,2H2,1H3/b16-9+. The van der Waals surface area contributed by atoms with Crippen molar-refractivity contribution in [2.45, 2.75) is 6.92 Å². The van der Waals surface area contributed by atoms with Gasteiger partial charge in [-0.15, -0.1) is 0 Å². The van der Waals surface area contributed by atoms with Gasteiger partial charge in [0.1, 0.15) is 5.75 Å². The van der Waals surface area contributed by atoms with Gasteiger partial charge in [-0.3, -0.25) is 0 Å². The number of aliphatic imine (C=N–C) groups is 1. The summed E-state index contributed by atoms with van der Waals surface area (Å²) in [4.78, 5) is 16.3. The summed E-state index contributed by atoms with van der Waals surface area (Å²) in [5.74, 6) is 0.512. The summed E-state index contributed by atoms with van der Waals surface area (Å²) in [6, 6.07) is 12.9. The van der Waals surface area contributed by atoms with Gasteiger partial charge in [0.25, 0.3) is 0 Å². The highest BCUT2D eigenvalue weighted by molar-refractivity contribution is 14.1. The Morgan fingerprint density at radius 3 is 2.71 bits per heavy atom. The second kappa shape index (κ2) is 7.36. The van der Waals surface area contributed by atoms with Crippen LogP contribution in [-0.4, -0.2) is 18.5 Å². The van der Waals surface area contributed by atoms with Crippen molar-refractivity contribution >= 4 is 52.1 Å². The Morgan fingerprint density at radius 1 is 1.25 bits per heavy atom. The molecule has 24 heavy (non-hydrogen) atoms. The maximum Gasteiger partial charge on any atom is 0.363 e. The van der Waals surface area contributed by atoms with Crippen molar-refractivity contribution in [3.05, 3.63) is 67.9 Å². The third-order valence-electron chi connectivity index (χ3n) is 3.27. The van der Waals surface area contributed by atoms with Crippen molar-refractivity contribution in [1.29, 1.82) is 0 Å². The topological polar surface area (TPSA) is 47.9 Å². The van der Waals surface area contributed by atoms with Crippen molar-refractivity contribution in [2.75, 3.05) is 6.61 Å². The van der Waals surface area contributed by atoms with Crippen molar-refractivity contribution in [3.63, 3.8) is 0 Å². The highest BCUT2D eigenvalue weighted by Crippen LogP contribution is 2.25. The maximum absolute atomic E-state index is 12.1. The molecule has 0 unspecified atom stereocenters. The molecular weight excluding hydrogens is 441 g/mol. The number of rotatable bonds is 4. The minimum absolute atomic E-state index is 0.223. The molecule has 122 valence electrons. The number of cyclic esters (lactones) is 1. The van der Waals surface area contributed by atoms with E-state index < -0.39 is 5.97 Å². The van der Waals surface area contributed by atoms with Crippen LogP contribution >= 0.6 is 34.2 Å². The largest absolute Gasteiger partial charge is 0.494 e. The van der Waals surface area contributed by atoms with Gasteiger partial charge in [-0.05, 0) is 71.5 Å². The number of hydrogen-bond donors (Lipinski definition) is 0. The van der Waals surface area contributed by atoms with Gasteiger partial charge in [-0.2, -0.15) is 0 Å². The van der Waals surface area contributed by atoms with Gasteiger partial charge in [0.15, 0.2) is 5.70 Å². The number of carbonyl (C=O) groups is 1. The van der Waals surface area contributed by atoms with Gasteiger partial charge in [-0.25, -0.2) is 9.79 Å². The molecule has 0 fully saturated rings. The normalized spacial score (nSPS) is 15.4. The number of carbonyl (C=O) groups excluding carboxylic acids is 1. The fourth-order valence-corrected chi connectivity index (χ4v) is 2.86. The fourth-order valence-electron chi connectivity index (χ4n) is 2.17. The SMILES string of the molecule is CCOc1ccc(/C=C2/N=C(c3cc(I)ccc3Cl)OC2=O)cc1. The smallest absolute Gasteiger partial charge is 0.363 e. The molecule has 0 radical (unpaired) electrons. The van der Waals surface area contributed by atoms with E-state index in [2.05, 4.69) is 27.6 Å². The van der Waals surface area contributed by atoms with Crippen LogP contribution in [0.4, 0.5) is 0 Å². The lowest BCUT2D eigenvalue weighted by Gasteiger charge is -2.02. The van der Waals surface area contributed by atoms with Gasteiger partial charge < -0.3 is 9.47 Å². The monoisotopic (exact) mass is 453 g/mol. The van der Waals surface area contributed by atoms with Crippen LogP contribution in [0.3, 0.4) is 0 Å². The van der Waals surface area contributed by atoms with E-state index in [-0.39, 0.29) is 11.6 Å². The molecule has 1 aliphatic heterocycles. The van der Waals surface area contributed by atoms with Crippen LogP contribution in [0.25, 0.3) is 6.08 Å². The summed E-state index contributed by atoms with van der Waals surface area (Å²) in [6.07, 6.45) is 1.67. The molecule has 0 saturated heterocycles. The minimum Gasteiger partial charge on any atom is -0.494 e. The van der Waals surface area contributed by atoms with Crippen molar-refractivity contribution in [3.8, 4) is 5.75 Å². The summed E-state index contributed by atoms with van der Waals surface area (Å²) in [5.41, 5.74) is 1.68. The first-order valence-corrected chi connectivity index (χ1v) is 8.73. The Labute approximate surface area is 158 Å². The summed E-state index contributed by atoms with van der Waals surface area (Å²) in [7, 11) is 0. The molecule has 0 aromatic heterocycles. The lowest BCUT2D eigenvalue weighted by atomic mass is 10.2. The molecule has 4 nitrogen and oxygen atoms in total. The predicted octanol–water partition coefficient (Wildman–Crippen LogP) is 4.69. The molecule has 0 aliphatic carbocycles. The van der Waals surface area contributed by atoms with Gasteiger partial charge in [0.05, 0.1) is 17.2 Å². The molecule has 1 aliphatic rings. The fraction of sp³-hybridized carbons (Fsp3) is 0.111. The first kappa shape index (κ1) is 17.0. The summed E-state index contributed by atoms with van der Waals surface area (Å²) < 4.78 is 11.6. The molecule has 3 rings (SSSR count). The van der Waals surface area contributed by atoms with E-state index in [0.717, 1.165) is 14.9 Å². The van der Waals surface area contributed by atoms with Crippen LogP contribution in [-0.2, 0) is 9.53 Å². The first-order valence-electron chi connectivity index (χ1n) is 7.27. The van der Waals surface area contributed by atoms with Crippen LogP contribution < -0.4 is 4.74 Å². The van der Waals surface area contributed by atoms with E-state index in [1.165, 1.54) is 0 Å². The molecule has 0 amide bonds. The minimum atomic E-state index is -0.492. The van der Waals surface area contributed by atoms with Gasteiger partial charge >= 0.3 is 5.97 Å². The highest BCUT2D eigenvalue weighted by Gasteiger charge is 2.25. The van der Waals surface area contributed by atoms with E-state index in [1.807, 2.05) is 43.3 Å². The molecule has 1 heterocycles. The van der Waals surface area contributed by atoms with E-state index in [0.29, 0.717) is 17.2 Å². The summed E-state index contributed by atoms with van der Waals surface area (Å²) in [5, 5.41) is 0.490.